The van der Waals surface area contributed by atoms with E-state index in [1.807, 2.05) is 18.7 Å². The molecule has 2 atom stereocenters. The number of rotatable bonds is 4. The lowest BCUT2D eigenvalue weighted by atomic mass is 9.94. The second-order valence-electron chi connectivity index (χ2n) is 6.76. The molecule has 1 heterocycles. The number of aliphatic hydroxyl groups excluding tert-OH is 1. The Labute approximate surface area is 127 Å². The molecule has 1 aliphatic carbocycles. The summed E-state index contributed by atoms with van der Waals surface area (Å²) in [6.45, 7) is 5.77. The van der Waals surface area contributed by atoms with Crippen molar-refractivity contribution in [1.82, 2.24) is 10.2 Å². The van der Waals surface area contributed by atoms with Crippen molar-refractivity contribution in [3.05, 3.63) is 0 Å². The van der Waals surface area contributed by atoms with Crippen molar-refractivity contribution in [3.8, 4) is 0 Å². The normalized spacial score (nSPS) is 27.1. The molecular weight excluding hydrogens is 268 g/mol. The Balaban J connectivity index is 1.71. The van der Waals surface area contributed by atoms with Crippen LogP contribution in [0.2, 0.25) is 0 Å². The summed E-state index contributed by atoms with van der Waals surface area (Å²) in [5.74, 6) is 0.532. The minimum atomic E-state index is -0.254. The maximum absolute atomic E-state index is 12.2. The van der Waals surface area contributed by atoms with Crippen LogP contribution in [0.15, 0.2) is 0 Å². The first-order valence-corrected chi connectivity index (χ1v) is 8.23. The third-order valence-corrected chi connectivity index (χ3v) is 4.83. The van der Waals surface area contributed by atoms with Crippen LogP contribution >= 0.6 is 0 Å². The van der Waals surface area contributed by atoms with E-state index in [2.05, 4.69) is 5.32 Å². The van der Waals surface area contributed by atoms with E-state index in [0.717, 1.165) is 32.1 Å². The Morgan fingerprint density at radius 1 is 1.19 bits per heavy atom. The van der Waals surface area contributed by atoms with Crippen LogP contribution in [-0.4, -0.2) is 47.6 Å². The average molecular weight is 296 g/mol. The fraction of sp³-hybridized carbons (Fsp3) is 0.875. The van der Waals surface area contributed by atoms with Gasteiger partial charge in [-0.3, -0.25) is 9.59 Å². The average Bonchev–Trinajstić information content (AvgIpc) is 2.89. The smallest absolute Gasteiger partial charge is 0.225 e. The maximum Gasteiger partial charge on any atom is 0.225 e. The van der Waals surface area contributed by atoms with Gasteiger partial charge >= 0.3 is 0 Å². The molecule has 0 aromatic carbocycles. The Hall–Kier alpha value is -1.10. The first-order chi connectivity index (χ1) is 9.99. The van der Waals surface area contributed by atoms with E-state index in [1.165, 1.54) is 0 Å². The van der Waals surface area contributed by atoms with Crippen LogP contribution < -0.4 is 5.32 Å². The third kappa shape index (κ3) is 4.19. The number of hydrogen-bond acceptors (Lipinski definition) is 3. The molecule has 1 aliphatic heterocycles. The van der Waals surface area contributed by atoms with Gasteiger partial charge in [0.05, 0.1) is 6.10 Å². The van der Waals surface area contributed by atoms with Gasteiger partial charge in [-0.15, -0.1) is 0 Å². The lowest BCUT2D eigenvalue weighted by Crippen LogP contribution is -2.45. The molecule has 1 saturated carbocycles. The van der Waals surface area contributed by atoms with Gasteiger partial charge in [-0.1, -0.05) is 20.3 Å². The summed E-state index contributed by atoms with van der Waals surface area (Å²) in [6.07, 6.45) is 4.15. The van der Waals surface area contributed by atoms with E-state index in [-0.39, 0.29) is 35.7 Å². The molecule has 1 saturated heterocycles. The number of hydrogen-bond donors (Lipinski definition) is 2. The predicted octanol–water partition coefficient (Wildman–Crippen LogP) is 1.16. The van der Waals surface area contributed by atoms with Crippen molar-refractivity contribution in [3.63, 3.8) is 0 Å². The summed E-state index contributed by atoms with van der Waals surface area (Å²) in [6, 6.07) is 0. The molecular formula is C16H28N2O3. The molecule has 2 aliphatic rings. The lowest BCUT2D eigenvalue weighted by molar-refractivity contribution is -0.138. The van der Waals surface area contributed by atoms with E-state index in [4.69, 9.17) is 0 Å². The fourth-order valence-electron chi connectivity index (χ4n) is 3.36. The van der Waals surface area contributed by atoms with Crippen LogP contribution in [0.5, 0.6) is 0 Å². The summed E-state index contributed by atoms with van der Waals surface area (Å²) in [7, 11) is 0. The molecule has 0 aromatic heterocycles. The molecule has 0 radical (unpaired) electrons. The van der Waals surface area contributed by atoms with E-state index < -0.39 is 0 Å². The zero-order valence-corrected chi connectivity index (χ0v) is 13.2. The third-order valence-electron chi connectivity index (χ3n) is 4.83. The van der Waals surface area contributed by atoms with E-state index in [0.29, 0.717) is 19.6 Å². The second kappa shape index (κ2) is 7.25. The number of nitrogens with zero attached hydrogens (tertiary/aromatic N) is 1. The molecule has 120 valence electrons. The lowest BCUT2D eigenvalue weighted by Gasteiger charge is -2.32. The molecule has 21 heavy (non-hydrogen) atoms. The van der Waals surface area contributed by atoms with E-state index in [9.17, 15) is 14.7 Å². The largest absolute Gasteiger partial charge is 0.393 e. The molecule has 2 N–H and O–H groups in total. The van der Waals surface area contributed by atoms with Crippen LogP contribution in [0.1, 0.15) is 46.0 Å². The van der Waals surface area contributed by atoms with E-state index in [1.54, 1.807) is 0 Å². The van der Waals surface area contributed by atoms with Gasteiger partial charge in [-0.2, -0.15) is 0 Å². The molecule has 0 aromatic rings. The Bertz CT molecular complexity index is 376. The van der Waals surface area contributed by atoms with Crippen molar-refractivity contribution in [1.29, 1.82) is 0 Å². The van der Waals surface area contributed by atoms with Gasteiger partial charge in [0, 0.05) is 37.4 Å². The van der Waals surface area contributed by atoms with Crippen LogP contribution in [0.3, 0.4) is 0 Å². The molecule has 2 amide bonds. The van der Waals surface area contributed by atoms with Gasteiger partial charge in [0.2, 0.25) is 11.8 Å². The Morgan fingerprint density at radius 3 is 2.38 bits per heavy atom. The number of amides is 2. The summed E-state index contributed by atoms with van der Waals surface area (Å²) in [4.78, 5) is 26.0. The topological polar surface area (TPSA) is 69.6 Å². The van der Waals surface area contributed by atoms with Gasteiger partial charge in [0.1, 0.15) is 0 Å². The zero-order valence-electron chi connectivity index (χ0n) is 13.2. The molecule has 2 rings (SSSR count). The van der Waals surface area contributed by atoms with Gasteiger partial charge in [-0.25, -0.2) is 0 Å². The summed E-state index contributed by atoms with van der Waals surface area (Å²) in [5.41, 5.74) is 0. The number of aliphatic hydroxyl groups is 1. The Kier molecular flexibility index (Phi) is 5.62. The quantitative estimate of drug-likeness (QED) is 0.818. The van der Waals surface area contributed by atoms with E-state index >= 15 is 0 Å². The van der Waals surface area contributed by atoms with Crippen molar-refractivity contribution >= 4 is 11.8 Å². The molecule has 5 nitrogen and oxygen atoms in total. The minimum Gasteiger partial charge on any atom is -0.393 e. The van der Waals surface area contributed by atoms with Crippen molar-refractivity contribution in [2.75, 3.05) is 19.6 Å². The SMILES string of the molecule is CC(C)C(=O)N1CCC(C(=O)NCC2CCCC2O)CC1. The molecule has 5 heteroatoms. The number of piperidine rings is 1. The second-order valence-corrected chi connectivity index (χ2v) is 6.76. The zero-order chi connectivity index (χ0) is 15.4. The van der Waals surface area contributed by atoms with Crippen LogP contribution in [-0.2, 0) is 9.59 Å². The first kappa shape index (κ1) is 16.3. The van der Waals surface area contributed by atoms with Crippen molar-refractivity contribution < 1.29 is 14.7 Å². The first-order valence-electron chi connectivity index (χ1n) is 8.23. The van der Waals surface area contributed by atoms with Crippen molar-refractivity contribution in [2.45, 2.75) is 52.1 Å². The van der Waals surface area contributed by atoms with Gasteiger partial charge in [-0.05, 0) is 25.7 Å². The highest BCUT2D eigenvalue weighted by molar-refractivity contribution is 5.80. The monoisotopic (exact) mass is 296 g/mol. The molecule has 0 bridgehead atoms. The van der Waals surface area contributed by atoms with Gasteiger partial charge in [0.25, 0.3) is 0 Å². The number of carbonyl (C=O) groups excluding carboxylic acids is 2. The van der Waals surface area contributed by atoms with Crippen molar-refractivity contribution in [2.24, 2.45) is 17.8 Å². The highest BCUT2D eigenvalue weighted by Gasteiger charge is 2.30. The van der Waals surface area contributed by atoms with Gasteiger partial charge in [0.15, 0.2) is 0 Å². The number of likely N-dealkylation sites (tertiary alicyclic amines) is 1. The summed E-state index contributed by atoms with van der Waals surface area (Å²) in [5, 5.41) is 12.8. The maximum atomic E-state index is 12.2. The highest BCUT2D eigenvalue weighted by atomic mass is 16.3. The fourth-order valence-corrected chi connectivity index (χ4v) is 3.36. The van der Waals surface area contributed by atoms with Crippen LogP contribution in [0.25, 0.3) is 0 Å². The summed E-state index contributed by atoms with van der Waals surface area (Å²) >= 11 is 0. The molecule has 2 unspecified atom stereocenters. The predicted molar refractivity (Wildman–Crippen MR) is 80.5 cm³/mol. The number of carbonyl (C=O) groups is 2. The number of nitrogens with one attached hydrogen (secondary N) is 1. The summed E-state index contributed by atoms with van der Waals surface area (Å²) < 4.78 is 0. The van der Waals surface area contributed by atoms with Crippen LogP contribution in [0.4, 0.5) is 0 Å². The molecule has 2 fully saturated rings. The highest BCUT2D eigenvalue weighted by Crippen LogP contribution is 2.25. The Morgan fingerprint density at radius 2 is 1.86 bits per heavy atom. The van der Waals surface area contributed by atoms with Gasteiger partial charge < -0.3 is 15.3 Å². The standard InChI is InChI=1S/C16H28N2O3/c1-11(2)16(21)18-8-6-12(7-9-18)15(20)17-10-13-4-3-5-14(13)19/h11-14,19H,3-10H2,1-2H3,(H,17,20). The molecule has 0 spiro atoms. The van der Waals surface area contributed by atoms with Crippen LogP contribution in [0, 0.1) is 17.8 Å². The minimum absolute atomic E-state index is 0.0137.